The van der Waals surface area contributed by atoms with Crippen LogP contribution >= 0.6 is 0 Å². The maximum absolute atomic E-state index is 8.95. The fourth-order valence-corrected chi connectivity index (χ4v) is 2.37. The van der Waals surface area contributed by atoms with Crippen LogP contribution in [0.25, 0.3) is 0 Å². The molecular formula is C16H27NO. The Hall–Kier alpha value is -0.860. The fraction of sp³-hybridized carbons (Fsp3) is 0.625. The Morgan fingerprint density at radius 2 is 1.78 bits per heavy atom. The van der Waals surface area contributed by atoms with Crippen LogP contribution in [0, 0.1) is 26.7 Å². The average Bonchev–Trinajstić information content (AvgIpc) is 2.31. The highest BCUT2D eigenvalue weighted by Gasteiger charge is 2.03. The second kappa shape index (κ2) is 7.55. The Labute approximate surface area is 111 Å². The van der Waals surface area contributed by atoms with Crippen molar-refractivity contribution in [2.75, 3.05) is 13.2 Å². The minimum Gasteiger partial charge on any atom is -0.396 e. The van der Waals surface area contributed by atoms with Crippen LogP contribution in [0.3, 0.4) is 0 Å². The van der Waals surface area contributed by atoms with Crippen LogP contribution in [-0.2, 0) is 6.54 Å². The van der Waals surface area contributed by atoms with Crippen molar-refractivity contribution in [1.29, 1.82) is 0 Å². The van der Waals surface area contributed by atoms with Gasteiger partial charge in [-0.15, -0.1) is 0 Å². The van der Waals surface area contributed by atoms with Gasteiger partial charge in [0.05, 0.1) is 0 Å². The van der Waals surface area contributed by atoms with E-state index in [1.807, 2.05) is 0 Å². The molecule has 0 amide bonds. The summed E-state index contributed by atoms with van der Waals surface area (Å²) >= 11 is 0. The van der Waals surface area contributed by atoms with E-state index in [0.717, 1.165) is 25.9 Å². The lowest BCUT2D eigenvalue weighted by atomic mass is 10.00. The molecule has 1 rings (SSSR count). The maximum atomic E-state index is 8.95. The van der Waals surface area contributed by atoms with Gasteiger partial charge in [-0.2, -0.15) is 0 Å². The number of aryl methyl sites for hydroxylation is 3. The highest BCUT2D eigenvalue weighted by molar-refractivity contribution is 5.37. The first-order chi connectivity index (χ1) is 8.54. The number of nitrogens with one attached hydrogen (secondary N) is 1. The summed E-state index contributed by atoms with van der Waals surface area (Å²) in [7, 11) is 0. The number of hydrogen-bond acceptors (Lipinski definition) is 2. The molecule has 18 heavy (non-hydrogen) atoms. The van der Waals surface area contributed by atoms with E-state index in [4.69, 9.17) is 5.11 Å². The van der Waals surface area contributed by atoms with Gasteiger partial charge in [0.2, 0.25) is 0 Å². The van der Waals surface area contributed by atoms with Crippen LogP contribution in [0.2, 0.25) is 0 Å². The zero-order valence-corrected chi connectivity index (χ0v) is 12.2. The van der Waals surface area contributed by atoms with Crippen LogP contribution in [0.1, 0.15) is 42.0 Å². The summed E-state index contributed by atoms with van der Waals surface area (Å²) in [4.78, 5) is 0. The Kier molecular flexibility index (Phi) is 6.37. The number of aliphatic hydroxyl groups is 1. The van der Waals surface area contributed by atoms with E-state index in [9.17, 15) is 0 Å². The average molecular weight is 249 g/mol. The van der Waals surface area contributed by atoms with Crippen molar-refractivity contribution in [3.8, 4) is 0 Å². The summed E-state index contributed by atoms with van der Waals surface area (Å²) in [6, 6.07) is 4.50. The molecule has 0 aliphatic heterocycles. The molecular weight excluding hydrogens is 222 g/mol. The molecule has 1 unspecified atom stereocenters. The topological polar surface area (TPSA) is 32.3 Å². The first kappa shape index (κ1) is 15.2. The molecule has 0 aliphatic carbocycles. The van der Waals surface area contributed by atoms with Crippen LogP contribution in [-0.4, -0.2) is 18.3 Å². The zero-order chi connectivity index (χ0) is 13.5. The summed E-state index contributed by atoms with van der Waals surface area (Å²) in [6.45, 7) is 10.9. The molecule has 2 N–H and O–H groups in total. The van der Waals surface area contributed by atoms with Crippen molar-refractivity contribution >= 4 is 0 Å². The van der Waals surface area contributed by atoms with E-state index < -0.39 is 0 Å². The van der Waals surface area contributed by atoms with Crippen LogP contribution < -0.4 is 5.32 Å². The molecule has 0 radical (unpaired) electrons. The van der Waals surface area contributed by atoms with Crippen molar-refractivity contribution in [3.63, 3.8) is 0 Å². The molecule has 2 nitrogen and oxygen atoms in total. The quantitative estimate of drug-likeness (QED) is 0.728. The highest BCUT2D eigenvalue weighted by Crippen LogP contribution is 2.16. The number of rotatable bonds is 7. The molecule has 1 aromatic carbocycles. The summed E-state index contributed by atoms with van der Waals surface area (Å²) in [5, 5.41) is 12.4. The highest BCUT2D eigenvalue weighted by atomic mass is 16.3. The number of hydrogen-bond donors (Lipinski definition) is 2. The van der Waals surface area contributed by atoms with E-state index >= 15 is 0 Å². The first-order valence-electron chi connectivity index (χ1n) is 6.93. The third-order valence-corrected chi connectivity index (χ3v) is 3.50. The maximum Gasteiger partial charge on any atom is 0.0456 e. The van der Waals surface area contributed by atoms with Crippen molar-refractivity contribution in [3.05, 3.63) is 34.4 Å². The molecule has 0 saturated carbocycles. The van der Waals surface area contributed by atoms with E-state index in [1.165, 1.54) is 22.3 Å². The second-order valence-corrected chi connectivity index (χ2v) is 5.48. The van der Waals surface area contributed by atoms with Gasteiger partial charge >= 0.3 is 0 Å². The van der Waals surface area contributed by atoms with Gasteiger partial charge < -0.3 is 10.4 Å². The fourth-order valence-electron chi connectivity index (χ4n) is 2.37. The minimum absolute atomic E-state index is 0.302. The van der Waals surface area contributed by atoms with Gasteiger partial charge in [-0.1, -0.05) is 24.6 Å². The van der Waals surface area contributed by atoms with Crippen LogP contribution in [0.15, 0.2) is 12.1 Å². The monoisotopic (exact) mass is 249 g/mol. The summed E-state index contributed by atoms with van der Waals surface area (Å²) < 4.78 is 0. The molecule has 0 aromatic heterocycles. The predicted octanol–water partition coefficient (Wildman–Crippen LogP) is 3.11. The van der Waals surface area contributed by atoms with Gasteiger partial charge in [0.1, 0.15) is 0 Å². The first-order valence-corrected chi connectivity index (χ1v) is 6.93. The number of aliphatic hydroxyl groups excluding tert-OH is 1. The SMILES string of the molecule is Cc1cc(C)c(CNCCCC(C)CO)c(C)c1. The third kappa shape index (κ3) is 4.79. The standard InChI is InChI=1S/C16H27NO/c1-12(11-18)6-5-7-17-10-16-14(3)8-13(2)9-15(16)4/h8-9,12,17-18H,5-7,10-11H2,1-4H3. The van der Waals surface area contributed by atoms with Crippen LogP contribution in [0.5, 0.6) is 0 Å². The normalized spacial score (nSPS) is 12.7. The van der Waals surface area contributed by atoms with Gasteiger partial charge in [0.15, 0.2) is 0 Å². The smallest absolute Gasteiger partial charge is 0.0456 e. The molecule has 0 heterocycles. The lowest BCUT2D eigenvalue weighted by Gasteiger charge is -2.13. The summed E-state index contributed by atoms with van der Waals surface area (Å²) in [5.74, 6) is 0.426. The molecule has 1 atom stereocenters. The lowest BCUT2D eigenvalue weighted by Crippen LogP contribution is -2.17. The van der Waals surface area contributed by atoms with Crippen molar-refractivity contribution < 1.29 is 5.11 Å². The molecule has 0 spiro atoms. The Morgan fingerprint density at radius 1 is 1.17 bits per heavy atom. The van der Waals surface area contributed by atoms with Crippen molar-refractivity contribution in [1.82, 2.24) is 5.32 Å². The van der Waals surface area contributed by atoms with Gasteiger partial charge in [-0.05, 0) is 62.8 Å². The minimum atomic E-state index is 0.302. The predicted molar refractivity (Wildman–Crippen MR) is 77.8 cm³/mol. The summed E-state index contributed by atoms with van der Waals surface area (Å²) in [6.07, 6.45) is 2.22. The van der Waals surface area contributed by atoms with E-state index in [0.29, 0.717) is 12.5 Å². The Balaban J connectivity index is 2.36. The summed E-state index contributed by atoms with van der Waals surface area (Å²) in [5.41, 5.74) is 5.52. The van der Waals surface area contributed by atoms with Gasteiger partial charge in [0.25, 0.3) is 0 Å². The van der Waals surface area contributed by atoms with Gasteiger partial charge in [0, 0.05) is 13.2 Å². The van der Waals surface area contributed by atoms with E-state index in [-0.39, 0.29) is 0 Å². The van der Waals surface area contributed by atoms with Gasteiger partial charge in [-0.25, -0.2) is 0 Å². The molecule has 0 aliphatic rings. The Morgan fingerprint density at radius 3 is 2.33 bits per heavy atom. The van der Waals surface area contributed by atoms with E-state index in [2.05, 4.69) is 45.1 Å². The van der Waals surface area contributed by atoms with Gasteiger partial charge in [-0.3, -0.25) is 0 Å². The molecule has 0 bridgehead atoms. The molecule has 1 aromatic rings. The Bertz CT molecular complexity index is 350. The third-order valence-electron chi connectivity index (χ3n) is 3.50. The lowest BCUT2D eigenvalue weighted by molar-refractivity contribution is 0.228. The zero-order valence-electron chi connectivity index (χ0n) is 12.2. The molecule has 0 saturated heterocycles. The van der Waals surface area contributed by atoms with E-state index in [1.54, 1.807) is 0 Å². The molecule has 2 heteroatoms. The van der Waals surface area contributed by atoms with Crippen molar-refractivity contribution in [2.24, 2.45) is 5.92 Å². The van der Waals surface area contributed by atoms with Crippen LogP contribution in [0.4, 0.5) is 0 Å². The van der Waals surface area contributed by atoms with Crippen molar-refractivity contribution in [2.45, 2.75) is 47.1 Å². The largest absolute Gasteiger partial charge is 0.396 e. The molecule has 102 valence electrons. The second-order valence-electron chi connectivity index (χ2n) is 5.48. The molecule has 0 fully saturated rings. The number of benzene rings is 1.